The van der Waals surface area contributed by atoms with Crippen molar-refractivity contribution in [2.75, 3.05) is 44.7 Å². The zero-order chi connectivity index (χ0) is 21.6. The number of carbonyl (C=O) groups excluding carboxylic acids is 2. The Labute approximate surface area is 186 Å². The lowest BCUT2D eigenvalue weighted by Crippen LogP contribution is -2.41. The fourth-order valence-electron chi connectivity index (χ4n) is 3.67. The molecule has 6 nitrogen and oxygen atoms in total. The van der Waals surface area contributed by atoms with Crippen molar-refractivity contribution in [1.29, 1.82) is 0 Å². The highest BCUT2D eigenvalue weighted by atomic mass is 35.5. The predicted molar refractivity (Wildman–Crippen MR) is 123 cm³/mol. The summed E-state index contributed by atoms with van der Waals surface area (Å²) in [4.78, 5) is 28.1. The third-order valence-electron chi connectivity index (χ3n) is 5.33. The molecular formula is C24H24ClN3O3. The second-order valence-electron chi connectivity index (χ2n) is 7.38. The van der Waals surface area contributed by atoms with Crippen LogP contribution in [-0.2, 0) is 4.74 Å². The first-order valence-corrected chi connectivity index (χ1v) is 10.7. The van der Waals surface area contributed by atoms with E-state index in [9.17, 15) is 9.59 Å². The molecule has 31 heavy (non-hydrogen) atoms. The van der Waals surface area contributed by atoms with Gasteiger partial charge in [-0.15, -0.1) is 0 Å². The molecule has 0 radical (unpaired) electrons. The van der Waals surface area contributed by atoms with Gasteiger partial charge in [0.2, 0.25) is 0 Å². The highest BCUT2D eigenvalue weighted by molar-refractivity contribution is 6.31. The van der Waals surface area contributed by atoms with Gasteiger partial charge in [-0.2, -0.15) is 0 Å². The molecule has 0 unspecified atom stereocenters. The smallest absolute Gasteiger partial charge is 0.256 e. The van der Waals surface area contributed by atoms with Crippen LogP contribution in [0, 0.1) is 0 Å². The summed E-state index contributed by atoms with van der Waals surface area (Å²) in [5.74, 6) is -0.550. The monoisotopic (exact) mass is 437 g/mol. The molecule has 2 N–H and O–H groups in total. The lowest BCUT2D eigenvalue weighted by atomic mass is 10.0. The van der Waals surface area contributed by atoms with E-state index in [1.54, 1.807) is 24.3 Å². The summed E-state index contributed by atoms with van der Waals surface area (Å²) in [6.07, 6.45) is 0. The molecule has 0 bridgehead atoms. The maximum absolute atomic E-state index is 13.0. The summed E-state index contributed by atoms with van der Waals surface area (Å²) in [6.45, 7) is 4.40. The lowest BCUT2D eigenvalue weighted by Gasteiger charge is -2.26. The maximum atomic E-state index is 13.0. The molecule has 7 heteroatoms. The summed E-state index contributed by atoms with van der Waals surface area (Å²) in [7, 11) is 0. The van der Waals surface area contributed by atoms with Gasteiger partial charge in [0.1, 0.15) is 0 Å². The Hall–Kier alpha value is -2.93. The maximum Gasteiger partial charge on any atom is 0.256 e. The highest BCUT2D eigenvalue weighted by Crippen LogP contribution is 2.24. The first kappa shape index (κ1) is 21.3. The van der Waals surface area contributed by atoms with Crippen LogP contribution in [0.15, 0.2) is 60.7 Å². The molecule has 0 saturated carbocycles. The number of benzene rings is 3. The van der Waals surface area contributed by atoms with E-state index in [-0.39, 0.29) is 11.8 Å². The standard InChI is InChI=1S/C24H24ClN3O3/c25-18-8-9-22(21(16-18)23(29)26-10-11-28-12-14-31-15-13-28)27-24(30)20-7-3-5-17-4-1-2-6-19(17)20/h1-9,16H,10-15H2,(H,26,29)(H,27,30). The topological polar surface area (TPSA) is 70.7 Å². The Kier molecular flexibility index (Phi) is 6.82. The molecule has 4 rings (SSSR count). The van der Waals surface area contributed by atoms with E-state index in [2.05, 4.69) is 15.5 Å². The van der Waals surface area contributed by atoms with E-state index >= 15 is 0 Å². The molecular weight excluding hydrogens is 414 g/mol. The van der Waals surface area contributed by atoms with Crippen molar-refractivity contribution in [3.05, 3.63) is 76.8 Å². The average Bonchev–Trinajstić information content (AvgIpc) is 2.80. The number of hydrogen-bond acceptors (Lipinski definition) is 4. The number of hydrogen-bond donors (Lipinski definition) is 2. The fraction of sp³-hybridized carbons (Fsp3) is 0.250. The summed E-state index contributed by atoms with van der Waals surface area (Å²) in [5, 5.41) is 8.07. The van der Waals surface area contributed by atoms with Crippen molar-refractivity contribution in [2.45, 2.75) is 0 Å². The molecule has 0 atom stereocenters. The van der Waals surface area contributed by atoms with Crippen LogP contribution in [0.25, 0.3) is 10.8 Å². The van der Waals surface area contributed by atoms with Crippen LogP contribution in [0.5, 0.6) is 0 Å². The predicted octanol–water partition coefficient (Wildman–Crippen LogP) is 3.81. The number of halogens is 1. The zero-order valence-electron chi connectivity index (χ0n) is 17.1. The van der Waals surface area contributed by atoms with Gasteiger partial charge in [-0.05, 0) is 35.0 Å². The Morgan fingerprint density at radius 3 is 2.55 bits per heavy atom. The largest absolute Gasteiger partial charge is 0.379 e. The Morgan fingerprint density at radius 2 is 1.71 bits per heavy atom. The number of amides is 2. The van der Waals surface area contributed by atoms with Crippen molar-refractivity contribution in [2.24, 2.45) is 0 Å². The fourth-order valence-corrected chi connectivity index (χ4v) is 3.85. The van der Waals surface area contributed by atoms with Gasteiger partial charge in [-0.3, -0.25) is 14.5 Å². The summed E-state index contributed by atoms with van der Waals surface area (Å²) >= 11 is 6.13. The molecule has 1 saturated heterocycles. The Bertz CT molecular complexity index is 1090. The van der Waals surface area contributed by atoms with Gasteiger partial charge in [0.05, 0.1) is 24.5 Å². The van der Waals surface area contributed by atoms with E-state index in [0.717, 1.165) is 30.4 Å². The van der Waals surface area contributed by atoms with Crippen molar-refractivity contribution in [3.8, 4) is 0 Å². The minimum absolute atomic E-state index is 0.274. The lowest BCUT2D eigenvalue weighted by molar-refractivity contribution is 0.0383. The van der Waals surface area contributed by atoms with Crippen molar-refractivity contribution in [3.63, 3.8) is 0 Å². The molecule has 0 spiro atoms. The number of carbonyl (C=O) groups is 2. The molecule has 3 aromatic carbocycles. The molecule has 1 heterocycles. The van der Waals surface area contributed by atoms with Crippen LogP contribution in [0.1, 0.15) is 20.7 Å². The normalized spacial score (nSPS) is 14.4. The van der Waals surface area contributed by atoms with E-state index in [1.807, 2.05) is 36.4 Å². The van der Waals surface area contributed by atoms with Gasteiger partial charge in [-0.25, -0.2) is 0 Å². The van der Waals surface area contributed by atoms with Crippen molar-refractivity contribution in [1.82, 2.24) is 10.2 Å². The number of morpholine rings is 1. The van der Waals surface area contributed by atoms with Crippen LogP contribution in [-0.4, -0.2) is 56.1 Å². The summed E-state index contributed by atoms with van der Waals surface area (Å²) in [5.41, 5.74) is 1.31. The van der Waals surface area contributed by atoms with Gasteiger partial charge in [-0.1, -0.05) is 48.0 Å². The first-order chi connectivity index (χ1) is 15.1. The molecule has 0 aliphatic carbocycles. The molecule has 3 aromatic rings. The quantitative estimate of drug-likeness (QED) is 0.615. The first-order valence-electron chi connectivity index (χ1n) is 10.3. The number of nitrogens with one attached hydrogen (secondary N) is 2. The van der Waals surface area contributed by atoms with Crippen molar-refractivity contribution < 1.29 is 14.3 Å². The minimum Gasteiger partial charge on any atom is -0.379 e. The molecule has 0 aromatic heterocycles. The van der Waals surface area contributed by atoms with Gasteiger partial charge < -0.3 is 15.4 Å². The number of nitrogens with zero attached hydrogens (tertiary/aromatic N) is 1. The van der Waals surface area contributed by atoms with E-state index in [0.29, 0.717) is 41.6 Å². The van der Waals surface area contributed by atoms with Gasteiger partial charge >= 0.3 is 0 Å². The van der Waals surface area contributed by atoms with Gasteiger partial charge in [0.15, 0.2) is 0 Å². The average molecular weight is 438 g/mol. The van der Waals surface area contributed by atoms with E-state index < -0.39 is 0 Å². The number of fused-ring (bicyclic) bond motifs is 1. The second-order valence-corrected chi connectivity index (χ2v) is 7.82. The molecule has 160 valence electrons. The van der Waals surface area contributed by atoms with Crippen molar-refractivity contribution >= 4 is 39.9 Å². The van der Waals surface area contributed by atoms with Crippen LogP contribution in [0.4, 0.5) is 5.69 Å². The number of ether oxygens (including phenoxy) is 1. The zero-order valence-corrected chi connectivity index (χ0v) is 17.8. The van der Waals surface area contributed by atoms with Crippen LogP contribution < -0.4 is 10.6 Å². The minimum atomic E-state index is -0.276. The molecule has 2 amide bonds. The molecule has 1 aliphatic rings. The molecule has 1 aliphatic heterocycles. The van der Waals surface area contributed by atoms with Crippen LogP contribution >= 0.6 is 11.6 Å². The van der Waals surface area contributed by atoms with E-state index in [1.165, 1.54) is 0 Å². The van der Waals surface area contributed by atoms with Crippen LogP contribution in [0.3, 0.4) is 0 Å². The summed E-state index contributed by atoms with van der Waals surface area (Å²) in [6, 6.07) is 18.2. The van der Waals surface area contributed by atoms with E-state index in [4.69, 9.17) is 16.3 Å². The van der Waals surface area contributed by atoms with Gasteiger partial charge in [0.25, 0.3) is 11.8 Å². The third-order valence-corrected chi connectivity index (χ3v) is 5.56. The molecule has 1 fully saturated rings. The Balaban J connectivity index is 1.48. The van der Waals surface area contributed by atoms with Gasteiger partial charge in [0, 0.05) is 36.8 Å². The SMILES string of the molecule is O=C(NCCN1CCOCC1)c1cc(Cl)ccc1NC(=O)c1cccc2ccccc12. The highest BCUT2D eigenvalue weighted by Gasteiger charge is 2.17. The number of rotatable bonds is 6. The third kappa shape index (κ3) is 5.22. The van der Waals surface area contributed by atoms with Crippen LogP contribution in [0.2, 0.25) is 5.02 Å². The Morgan fingerprint density at radius 1 is 0.935 bits per heavy atom. The summed E-state index contributed by atoms with van der Waals surface area (Å²) < 4.78 is 5.34. The number of anilines is 1. The second kappa shape index (κ2) is 9.92.